The lowest BCUT2D eigenvalue weighted by Crippen LogP contribution is -2.09. The molecule has 0 aliphatic heterocycles. The van der Waals surface area contributed by atoms with Crippen molar-refractivity contribution < 1.29 is 0 Å². The van der Waals surface area contributed by atoms with Crippen LogP contribution in [0.5, 0.6) is 0 Å². The van der Waals surface area contributed by atoms with Crippen molar-refractivity contribution in [1.82, 2.24) is 29.9 Å². The minimum absolute atomic E-state index is 0.248. The van der Waals surface area contributed by atoms with Gasteiger partial charge in [-0.1, -0.05) is 191 Å². The first-order chi connectivity index (χ1) is 16.8. The lowest BCUT2D eigenvalue weighted by atomic mass is 10.1. The zero-order valence-electron chi connectivity index (χ0n) is 16.7. The third-order valence-electron chi connectivity index (χ3n) is 4.77. The van der Waals surface area contributed by atoms with Gasteiger partial charge in [0.05, 0.1) is 34.2 Å². The molecule has 1 aromatic carbocycles. The Hall–Kier alpha value is 3.00. The van der Waals surface area contributed by atoms with Crippen LogP contribution in [0.15, 0.2) is 0 Å². The van der Waals surface area contributed by atoms with Gasteiger partial charge in [0, 0.05) is 0 Å². The summed E-state index contributed by atoms with van der Waals surface area (Å²) < 4.78 is -1.49. The first-order valence-electron chi connectivity index (χ1n) is 9.28. The SMILES string of the molecule is BrC(Br)c1nc2c3nc(C(Br)Br)c(C(Br)Br)nc3c3nc(C(Br)Br)c(C(Br)Br)nc3c2nc1C(Br)Br. The molecule has 0 spiro atoms. The monoisotopic (exact) mass is 1250 g/mol. The fourth-order valence-electron chi connectivity index (χ4n) is 3.34. The summed E-state index contributed by atoms with van der Waals surface area (Å²) in [5.41, 5.74) is 7.49. The molecule has 0 aliphatic rings. The third-order valence-corrected chi connectivity index (χ3v) is 9.97. The number of halogens is 12. The summed E-state index contributed by atoms with van der Waals surface area (Å²) in [7, 11) is 0. The van der Waals surface area contributed by atoms with E-state index in [1.165, 1.54) is 0 Å². The van der Waals surface area contributed by atoms with E-state index in [1.807, 2.05) is 0 Å². The lowest BCUT2D eigenvalue weighted by Gasteiger charge is -2.18. The minimum atomic E-state index is -0.248. The highest BCUT2D eigenvalue weighted by molar-refractivity contribution is 9.25. The highest BCUT2D eigenvalue weighted by Crippen LogP contribution is 2.45. The van der Waals surface area contributed by atoms with E-state index in [0.29, 0.717) is 67.3 Å². The van der Waals surface area contributed by atoms with E-state index in [-0.39, 0.29) is 22.4 Å². The van der Waals surface area contributed by atoms with Gasteiger partial charge in [-0.25, -0.2) is 29.9 Å². The molecule has 4 rings (SSSR count). The Morgan fingerprint density at radius 1 is 0.250 bits per heavy atom. The summed E-state index contributed by atoms with van der Waals surface area (Å²) in [5, 5.41) is 0. The first kappa shape index (κ1) is 31.9. The van der Waals surface area contributed by atoms with Gasteiger partial charge in [0.25, 0.3) is 0 Å². The van der Waals surface area contributed by atoms with Crippen molar-refractivity contribution in [3.63, 3.8) is 0 Å². The molecular weight excluding hydrogens is 1260 g/mol. The number of fused-ring (bicyclic) bond motifs is 6. The molecule has 0 N–H and O–H groups in total. The topological polar surface area (TPSA) is 77.3 Å². The first-order valence-corrected chi connectivity index (χ1v) is 20.3. The second-order valence-electron chi connectivity index (χ2n) is 6.88. The van der Waals surface area contributed by atoms with Crippen LogP contribution in [-0.4, -0.2) is 29.9 Å². The Kier molecular flexibility index (Phi) is 11.6. The smallest absolute Gasteiger partial charge is 0.119 e. The van der Waals surface area contributed by atoms with Gasteiger partial charge in [-0.05, 0) is 0 Å². The van der Waals surface area contributed by atoms with Gasteiger partial charge in [-0.3, -0.25) is 0 Å². The predicted molar refractivity (Wildman–Crippen MR) is 189 cm³/mol. The summed E-state index contributed by atoms with van der Waals surface area (Å²) in [6, 6.07) is 0. The van der Waals surface area contributed by atoms with Crippen LogP contribution >= 0.6 is 191 Å². The van der Waals surface area contributed by atoms with Crippen LogP contribution in [0.3, 0.4) is 0 Å². The fraction of sp³-hybridized carbons (Fsp3) is 0.333. The maximum absolute atomic E-state index is 5.00. The predicted octanol–water partition coefficient (Wildman–Crippen LogP) is 12.2. The third kappa shape index (κ3) is 6.34. The van der Waals surface area contributed by atoms with E-state index in [4.69, 9.17) is 29.9 Å². The van der Waals surface area contributed by atoms with E-state index in [1.54, 1.807) is 0 Å². The molecule has 0 atom stereocenters. The number of hydrogen-bond acceptors (Lipinski definition) is 6. The zero-order chi connectivity index (χ0) is 26.6. The van der Waals surface area contributed by atoms with Crippen LogP contribution in [0.1, 0.15) is 56.6 Å². The van der Waals surface area contributed by atoms with Gasteiger partial charge in [0.15, 0.2) is 0 Å². The molecule has 192 valence electrons. The van der Waals surface area contributed by atoms with Crippen molar-refractivity contribution >= 4 is 224 Å². The van der Waals surface area contributed by atoms with Crippen LogP contribution in [0, 0.1) is 0 Å². The van der Waals surface area contributed by atoms with Crippen molar-refractivity contribution in [2.75, 3.05) is 0 Å². The van der Waals surface area contributed by atoms with Gasteiger partial charge < -0.3 is 0 Å². The van der Waals surface area contributed by atoms with Crippen LogP contribution < -0.4 is 0 Å². The summed E-state index contributed by atoms with van der Waals surface area (Å²) in [4.78, 5) is 30.0. The highest BCUT2D eigenvalue weighted by atomic mass is 79.9. The van der Waals surface area contributed by atoms with Crippen molar-refractivity contribution in [2.24, 2.45) is 0 Å². The summed E-state index contributed by atoms with van der Waals surface area (Å²) >= 11 is 43.0. The summed E-state index contributed by atoms with van der Waals surface area (Å²) in [6.07, 6.45) is 0. The summed E-state index contributed by atoms with van der Waals surface area (Å²) in [6.45, 7) is 0. The summed E-state index contributed by atoms with van der Waals surface area (Å²) in [5.74, 6) is 0. The lowest BCUT2D eigenvalue weighted by molar-refractivity contribution is 1.04. The molecule has 36 heavy (non-hydrogen) atoms. The molecule has 3 heterocycles. The number of benzene rings is 1. The van der Waals surface area contributed by atoms with Gasteiger partial charge >= 0.3 is 0 Å². The maximum Gasteiger partial charge on any atom is 0.119 e. The van der Waals surface area contributed by atoms with Crippen LogP contribution in [0.2, 0.25) is 0 Å². The van der Waals surface area contributed by atoms with E-state index in [9.17, 15) is 0 Å². The second kappa shape index (κ2) is 13.1. The normalized spacial score (nSPS) is 12.8. The minimum Gasteiger partial charge on any atom is -0.245 e. The van der Waals surface area contributed by atoms with Crippen LogP contribution in [0.4, 0.5) is 0 Å². The molecule has 4 aromatic rings. The molecule has 0 aliphatic carbocycles. The number of hydrogen-bond donors (Lipinski definition) is 0. The van der Waals surface area contributed by atoms with Crippen molar-refractivity contribution in [3.05, 3.63) is 34.2 Å². The molecule has 0 fully saturated rings. The Labute approximate surface area is 305 Å². The van der Waals surface area contributed by atoms with Crippen molar-refractivity contribution in [3.8, 4) is 0 Å². The van der Waals surface area contributed by atoms with Gasteiger partial charge in [-0.15, -0.1) is 0 Å². The Morgan fingerprint density at radius 3 is 0.444 bits per heavy atom. The largest absolute Gasteiger partial charge is 0.245 e. The number of rotatable bonds is 6. The fourth-order valence-corrected chi connectivity index (χ4v) is 7.38. The van der Waals surface area contributed by atoms with Crippen LogP contribution in [0.25, 0.3) is 33.1 Å². The van der Waals surface area contributed by atoms with Gasteiger partial charge in [0.1, 0.15) is 55.5 Å². The molecule has 0 saturated heterocycles. The van der Waals surface area contributed by atoms with Crippen LogP contribution in [-0.2, 0) is 0 Å². The molecule has 0 bridgehead atoms. The van der Waals surface area contributed by atoms with Crippen molar-refractivity contribution in [2.45, 2.75) is 22.4 Å². The highest BCUT2D eigenvalue weighted by Gasteiger charge is 2.28. The zero-order valence-corrected chi connectivity index (χ0v) is 35.7. The Balaban J connectivity index is 2.35. The molecule has 6 nitrogen and oxygen atoms in total. The van der Waals surface area contributed by atoms with E-state index in [0.717, 1.165) is 0 Å². The number of aromatic nitrogens is 6. The molecule has 0 radical (unpaired) electrons. The average molecular weight is 1270 g/mol. The van der Waals surface area contributed by atoms with Gasteiger partial charge in [-0.2, -0.15) is 0 Å². The Morgan fingerprint density at radius 2 is 0.361 bits per heavy atom. The molecule has 18 heteroatoms. The van der Waals surface area contributed by atoms with Crippen molar-refractivity contribution in [1.29, 1.82) is 0 Å². The van der Waals surface area contributed by atoms with Gasteiger partial charge in [0.2, 0.25) is 0 Å². The standard InChI is InChI=1S/C18H6Br12N6/c19-13(20)7-8(14(21)22)32-2-1(31-7)3-5(34-10(16(25)26)9(33-3)15(23)24)6-4(2)35-11(17(27)28)12(36-6)18(29)30/h13-18H. The molecule has 0 amide bonds. The second-order valence-corrected chi connectivity index (χ2v) is 25.2. The Bertz CT molecular complexity index is 1160. The van der Waals surface area contributed by atoms with E-state index >= 15 is 0 Å². The molecule has 3 aromatic heterocycles. The number of nitrogens with zero attached hydrogens (tertiary/aromatic N) is 6. The maximum atomic E-state index is 5.00. The number of alkyl halides is 12. The quantitative estimate of drug-likeness (QED) is 0.141. The molecular formula is C18H6Br12N6. The average Bonchev–Trinajstić information content (AvgIpc) is 2.81. The van der Waals surface area contributed by atoms with E-state index < -0.39 is 0 Å². The molecule has 0 unspecified atom stereocenters. The van der Waals surface area contributed by atoms with E-state index in [2.05, 4.69) is 191 Å². The molecule has 0 saturated carbocycles.